The van der Waals surface area contributed by atoms with Gasteiger partial charge >= 0.3 is 0 Å². The van der Waals surface area contributed by atoms with Crippen LogP contribution in [0, 0.1) is 64.1 Å². The molecule has 6 rings (SSSR count). The van der Waals surface area contributed by atoms with Gasteiger partial charge in [-0.2, -0.15) is 0 Å². The van der Waals surface area contributed by atoms with Crippen LogP contribution in [0.4, 0.5) is 0 Å². The van der Waals surface area contributed by atoms with Gasteiger partial charge in [-0.25, -0.2) is 0 Å². The maximum absolute atomic E-state index is 4.24. The van der Waals surface area contributed by atoms with Crippen LogP contribution in [0.5, 0.6) is 0 Å². The summed E-state index contributed by atoms with van der Waals surface area (Å²) in [6, 6.07) is 0. The van der Waals surface area contributed by atoms with Crippen molar-refractivity contribution >= 4 is 0 Å². The second-order valence-corrected chi connectivity index (χ2v) is 12.2. The summed E-state index contributed by atoms with van der Waals surface area (Å²) in [7, 11) is 0. The zero-order valence-electron chi connectivity index (χ0n) is 18.4. The molecule has 0 spiro atoms. The molecule has 0 aliphatic heterocycles. The summed E-state index contributed by atoms with van der Waals surface area (Å²) >= 11 is 0. The molecule has 0 nitrogen and oxygen atoms in total. The smallest absolute Gasteiger partial charge is 0.0233 e. The third-order valence-corrected chi connectivity index (χ3v) is 10.9. The van der Waals surface area contributed by atoms with E-state index in [-0.39, 0.29) is 0 Å². The van der Waals surface area contributed by atoms with Gasteiger partial charge in [0.25, 0.3) is 0 Å². The summed E-state index contributed by atoms with van der Waals surface area (Å²) in [5.41, 5.74) is 1.27. The van der Waals surface area contributed by atoms with Crippen molar-refractivity contribution in [1.82, 2.24) is 0 Å². The monoisotopic (exact) mass is 356 g/mol. The molecule has 6 aliphatic rings. The van der Waals surface area contributed by atoms with Crippen LogP contribution in [0.25, 0.3) is 0 Å². The fraction of sp³-hybridized carbons (Fsp3) is 0.923. The molecular formula is C26H44. The van der Waals surface area contributed by atoms with Gasteiger partial charge in [0.1, 0.15) is 0 Å². The molecule has 0 amide bonds. The Labute approximate surface area is 163 Å². The molecule has 0 aromatic carbocycles. The quantitative estimate of drug-likeness (QED) is 0.430. The number of rotatable bonds is 6. The summed E-state index contributed by atoms with van der Waals surface area (Å²) in [5, 5.41) is 0. The van der Waals surface area contributed by atoms with Gasteiger partial charge in [-0.3, -0.25) is 0 Å². The van der Waals surface area contributed by atoms with Crippen molar-refractivity contribution in [2.45, 2.75) is 86.5 Å². The molecule has 0 radical (unpaired) electrons. The Hall–Kier alpha value is -0.260. The average Bonchev–Trinajstić information content (AvgIpc) is 2.59. The van der Waals surface area contributed by atoms with Crippen molar-refractivity contribution in [3.05, 3.63) is 12.7 Å². The van der Waals surface area contributed by atoms with Crippen LogP contribution in [0.2, 0.25) is 0 Å². The van der Waals surface area contributed by atoms with Crippen LogP contribution in [0.1, 0.15) is 86.5 Å². The highest BCUT2D eigenvalue weighted by molar-refractivity contribution is 5.06. The Morgan fingerprint density at radius 1 is 0.846 bits per heavy atom. The highest BCUT2D eigenvalue weighted by atomic mass is 14.6. The Morgan fingerprint density at radius 3 is 1.77 bits per heavy atom. The summed E-state index contributed by atoms with van der Waals surface area (Å²) in [4.78, 5) is 0. The summed E-state index contributed by atoms with van der Waals surface area (Å²) in [5.74, 6) is 8.61. The van der Waals surface area contributed by atoms with Crippen LogP contribution in [-0.4, -0.2) is 0 Å². The normalized spacial score (nSPS) is 48.8. The van der Waals surface area contributed by atoms with Gasteiger partial charge in [0.05, 0.1) is 0 Å². The molecule has 0 heterocycles. The standard InChI is InChI=1S/C26H44/c1-8-18(11-20-13-22-15-24(17(20)3)26(22,6)7)9-10-19-12-21-14-23(16(19)2)25(21,4)5/h8,16-24H,1,9-15H2,2-7H3. The molecule has 9 atom stereocenters. The lowest BCUT2D eigenvalue weighted by Crippen LogP contribution is -2.55. The first-order valence-electron chi connectivity index (χ1n) is 11.8. The first-order chi connectivity index (χ1) is 12.2. The Bertz CT molecular complexity index is 540. The van der Waals surface area contributed by atoms with E-state index in [1.165, 1.54) is 44.9 Å². The number of hydrogen-bond acceptors (Lipinski definition) is 0. The summed E-state index contributed by atoms with van der Waals surface area (Å²) < 4.78 is 0. The first kappa shape index (κ1) is 19.1. The largest absolute Gasteiger partial charge is 0.103 e. The second kappa shape index (κ2) is 6.38. The van der Waals surface area contributed by atoms with Gasteiger partial charge in [-0.1, -0.05) is 47.6 Å². The van der Waals surface area contributed by atoms with Gasteiger partial charge in [-0.05, 0) is 109 Å². The molecular weight excluding hydrogens is 312 g/mol. The SMILES string of the molecule is C=CC(CCC1CC2CC(C1C)C2(C)C)CC1CC2CC(C1C)C2(C)C. The molecule has 0 aromatic heterocycles. The molecule has 6 aliphatic carbocycles. The minimum absolute atomic E-state index is 0.630. The van der Waals surface area contributed by atoms with Gasteiger partial charge < -0.3 is 0 Å². The van der Waals surface area contributed by atoms with Gasteiger partial charge in [-0.15, -0.1) is 6.58 Å². The molecule has 0 N–H and O–H groups in total. The average molecular weight is 357 g/mol. The summed E-state index contributed by atoms with van der Waals surface area (Å²) in [6.07, 6.45) is 12.6. The number of fused-ring (bicyclic) bond motifs is 4. The summed E-state index contributed by atoms with van der Waals surface area (Å²) in [6.45, 7) is 19.5. The molecule has 26 heavy (non-hydrogen) atoms. The maximum Gasteiger partial charge on any atom is -0.0233 e. The van der Waals surface area contributed by atoms with E-state index in [9.17, 15) is 0 Å². The zero-order valence-corrected chi connectivity index (χ0v) is 18.4. The van der Waals surface area contributed by atoms with Crippen LogP contribution in [0.15, 0.2) is 12.7 Å². The van der Waals surface area contributed by atoms with E-state index in [1.54, 1.807) is 0 Å². The third kappa shape index (κ3) is 2.76. The number of allylic oxidation sites excluding steroid dienone is 1. The van der Waals surface area contributed by atoms with Crippen LogP contribution < -0.4 is 0 Å². The third-order valence-electron chi connectivity index (χ3n) is 10.9. The molecule has 0 saturated heterocycles. The van der Waals surface area contributed by atoms with E-state index in [1.807, 2.05) is 0 Å². The lowest BCUT2D eigenvalue weighted by Gasteiger charge is -2.63. The van der Waals surface area contributed by atoms with E-state index in [2.05, 4.69) is 54.2 Å². The fourth-order valence-corrected chi connectivity index (χ4v) is 8.35. The van der Waals surface area contributed by atoms with E-state index < -0.39 is 0 Å². The predicted molar refractivity (Wildman–Crippen MR) is 113 cm³/mol. The van der Waals surface area contributed by atoms with Crippen molar-refractivity contribution in [3.63, 3.8) is 0 Å². The molecule has 9 unspecified atom stereocenters. The van der Waals surface area contributed by atoms with E-state index in [0.29, 0.717) is 10.8 Å². The molecule has 6 saturated carbocycles. The van der Waals surface area contributed by atoms with E-state index >= 15 is 0 Å². The maximum atomic E-state index is 4.24. The highest BCUT2D eigenvalue weighted by Crippen LogP contribution is 2.65. The van der Waals surface area contributed by atoms with Gasteiger partial charge in [0.15, 0.2) is 0 Å². The molecule has 0 aromatic rings. The second-order valence-electron chi connectivity index (χ2n) is 12.2. The first-order valence-corrected chi connectivity index (χ1v) is 11.8. The molecule has 148 valence electrons. The van der Waals surface area contributed by atoms with Crippen LogP contribution >= 0.6 is 0 Å². The molecule has 6 fully saturated rings. The Kier molecular flexibility index (Phi) is 4.68. The number of hydrogen-bond donors (Lipinski definition) is 0. The highest BCUT2D eigenvalue weighted by Gasteiger charge is 2.57. The van der Waals surface area contributed by atoms with Crippen molar-refractivity contribution < 1.29 is 0 Å². The molecule has 0 heteroatoms. The van der Waals surface area contributed by atoms with Crippen molar-refractivity contribution in [2.75, 3.05) is 0 Å². The zero-order chi connectivity index (χ0) is 18.9. The minimum Gasteiger partial charge on any atom is -0.103 e. The topological polar surface area (TPSA) is 0 Å². The van der Waals surface area contributed by atoms with Crippen molar-refractivity contribution in [3.8, 4) is 0 Å². The van der Waals surface area contributed by atoms with E-state index in [4.69, 9.17) is 0 Å². The lowest BCUT2D eigenvalue weighted by atomic mass is 9.42. The minimum atomic E-state index is 0.630. The van der Waals surface area contributed by atoms with Crippen LogP contribution in [-0.2, 0) is 0 Å². The Balaban J connectivity index is 1.29. The Morgan fingerprint density at radius 2 is 1.35 bits per heavy atom. The van der Waals surface area contributed by atoms with Gasteiger partial charge in [0.2, 0.25) is 0 Å². The van der Waals surface area contributed by atoms with Crippen LogP contribution in [0.3, 0.4) is 0 Å². The van der Waals surface area contributed by atoms with Crippen molar-refractivity contribution in [1.29, 1.82) is 0 Å². The van der Waals surface area contributed by atoms with E-state index in [0.717, 1.165) is 53.3 Å². The lowest BCUT2D eigenvalue weighted by molar-refractivity contribution is -0.134. The van der Waals surface area contributed by atoms with Crippen molar-refractivity contribution in [2.24, 2.45) is 64.1 Å². The fourth-order valence-electron chi connectivity index (χ4n) is 8.35. The van der Waals surface area contributed by atoms with Gasteiger partial charge in [0, 0.05) is 0 Å². The predicted octanol–water partition coefficient (Wildman–Crippen LogP) is 7.60. The molecule has 4 bridgehead atoms.